The molecule has 2 unspecified atom stereocenters. The first-order chi connectivity index (χ1) is 9.04. The van der Waals surface area contributed by atoms with Crippen molar-refractivity contribution in [1.82, 2.24) is 9.71 Å². The van der Waals surface area contributed by atoms with Crippen LogP contribution in [0.3, 0.4) is 0 Å². The molecule has 0 bridgehead atoms. The predicted octanol–water partition coefficient (Wildman–Crippen LogP) is 1.56. The van der Waals surface area contributed by atoms with Crippen LogP contribution < -0.4 is 4.72 Å². The lowest BCUT2D eigenvalue weighted by atomic mass is 9.86. The molecule has 1 fully saturated rings. The zero-order chi connectivity index (χ0) is 13.9. The summed E-state index contributed by atoms with van der Waals surface area (Å²) in [5.74, 6) is -0.0287. The molecule has 5 nitrogen and oxygen atoms in total. The zero-order valence-electron chi connectivity index (χ0n) is 10.4. The summed E-state index contributed by atoms with van der Waals surface area (Å²) in [6.07, 6.45) is 5.01. The molecule has 0 aliphatic heterocycles. The number of hydrogen-bond acceptors (Lipinski definition) is 4. The highest BCUT2D eigenvalue weighted by atomic mass is 35.5. The minimum Gasteiger partial charge on any atom is -0.396 e. The van der Waals surface area contributed by atoms with E-state index < -0.39 is 10.0 Å². The molecule has 2 N–H and O–H groups in total. The second-order valence-electron chi connectivity index (χ2n) is 4.75. The second kappa shape index (κ2) is 6.17. The molecule has 1 aromatic rings. The van der Waals surface area contributed by atoms with Crippen LogP contribution in [-0.4, -0.2) is 31.2 Å². The van der Waals surface area contributed by atoms with Crippen LogP contribution in [0.25, 0.3) is 0 Å². The van der Waals surface area contributed by atoms with Crippen molar-refractivity contribution in [3.63, 3.8) is 0 Å². The first-order valence-electron chi connectivity index (χ1n) is 6.28. The minimum absolute atomic E-state index is 0.00599. The molecule has 106 valence electrons. The Balaban J connectivity index is 2.19. The molecule has 0 amide bonds. The highest BCUT2D eigenvalue weighted by Gasteiger charge is 2.30. The monoisotopic (exact) mass is 304 g/mol. The lowest BCUT2D eigenvalue weighted by Gasteiger charge is -2.30. The van der Waals surface area contributed by atoms with Gasteiger partial charge in [0.15, 0.2) is 0 Å². The first-order valence-corrected chi connectivity index (χ1v) is 8.14. The van der Waals surface area contributed by atoms with Crippen LogP contribution in [0, 0.1) is 5.92 Å². The van der Waals surface area contributed by atoms with E-state index in [0.717, 1.165) is 25.7 Å². The number of rotatable bonds is 4. The maximum atomic E-state index is 12.3. The van der Waals surface area contributed by atoms with Gasteiger partial charge in [-0.15, -0.1) is 0 Å². The summed E-state index contributed by atoms with van der Waals surface area (Å²) in [5, 5.41) is 9.27. The zero-order valence-corrected chi connectivity index (χ0v) is 12.0. The molecule has 2 atom stereocenters. The highest BCUT2D eigenvalue weighted by Crippen LogP contribution is 2.26. The van der Waals surface area contributed by atoms with E-state index >= 15 is 0 Å². The number of halogens is 1. The minimum atomic E-state index is -3.69. The summed E-state index contributed by atoms with van der Waals surface area (Å²) in [5.41, 5.74) is 0. The number of nitrogens with one attached hydrogen (secondary N) is 1. The fraction of sp³-hybridized carbons (Fsp3) is 0.583. The van der Waals surface area contributed by atoms with E-state index in [0.29, 0.717) is 0 Å². The molecule has 0 spiro atoms. The molecule has 0 aromatic carbocycles. The Morgan fingerprint density at radius 1 is 1.42 bits per heavy atom. The van der Waals surface area contributed by atoms with Gasteiger partial charge in [0.2, 0.25) is 10.0 Å². The van der Waals surface area contributed by atoms with Crippen LogP contribution in [0.2, 0.25) is 5.15 Å². The van der Waals surface area contributed by atoms with Gasteiger partial charge in [-0.2, -0.15) is 0 Å². The van der Waals surface area contributed by atoms with Gasteiger partial charge in [-0.1, -0.05) is 24.4 Å². The van der Waals surface area contributed by atoms with E-state index in [1.54, 1.807) is 0 Å². The molecular weight excluding hydrogens is 288 g/mol. The Bertz CT molecular complexity index is 536. The number of pyridine rings is 1. The van der Waals surface area contributed by atoms with Gasteiger partial charge in [0.05, 0.1) is 0 Å². The maximum absolute atomic E-state index is 12.3. The Labute approximate surface area is 118 Å². The third-order valence-corrected chi connectivity index (χ3v) is 5.40. The third-order valence-electron chi connectivity index (χ3n) is 3.46. The fourth-order valence-electron chi connectivity index (χ4n) is 2.42. The molecule has 2 rings (SSSR count). The van der Waals surface area contributed by atoms with Gasteiger partial charge in [0, 0.05) is 18.8 Å². The van der Waals surface area contributed by atoms with E-state index in [2.05, 4.69) is 9.71 Å². The van der Waals surface area contributed by atoms with E-state index in [1.807, 2.05) is 0 Å². The average Bonchev–Trinajstić information content (AvgIpc) is 2.39. The summed E-state index contributed by atoms with van der Waals surface area (Å²) < 4.78 is 27.2. The molecule has 1 aliphatic rings. The highest BCUT2D eigenvalue weighted by molar-refractivity contribution is 7.89. The molecule has 1 aliphatic carbocycles. The topological polar surface area (TPSA) is 79.3 Å². The summed E-state index contributed by atoms with van der Waals surface area (Å²) in [6, 6.07) is 2.72. The maximum Gasteiger partial charge on any atom is 0.243 e. The van der Waals surface area contributed by atoms with E-state index in [1.165, 1.54) is 18.3 Å². The van der Waals surface area contributed by atoms with Crippen LogP contribution >= 0.6 is 11.6 Å². The summed E-state index contributed by atoms with van der Waals surface area (Å²) in [6.45, 7) is -0.00599. The number of sulfonamides is 1. The Hall–Kier alpha value is -0.690. The van der Waals surface area contributed by atoms with Gasteiger partial charge >= 0.3 is 0 Å². The van der Waals surface area contributed by atoms with Crippen LogP contribution in [0.1, 0.15) is 25.7 Å². The molecular formula is C12H17ClN2O3S. The van der Waals surface area contributed by atoms with E-state index in [-0.39, 0.29) is 28.6 Å². The molecule has 0 radical (unpaired) electrons. The van der Waals surface area contributed by atoms with Crippen molar-refractivity contribution in [1.29, 1.82) is 0 Å². The summed E-state index contributed by atoms with van der Waals surface area (Å²) >= 11 is 5.82. The standard InChI is InChI=1S/C12H17ClN2O3S/c13-12-11(6-3-7-14-12)19(17,18)15-10-5-2-1-4-9(10)8-16/h3,6-7,9-10,15-16H,1-2,4-5,8H2. The lowest BCUT2D eigenvalue weighted by Crippen LogP contribution is -2.43. The van der Waals surface area contributed by atoms with Crippen molar-refractivity contribution in [2.24, 2.45) is 5.92 Å². The number of aromatic nitrogens is 1. The van der Waals surface area contributed by atoms with E-state index in [4.69, 9.17) is 11.6 Å². The molecule has 7 heteroatoms. The van der Waals surface area contributed by atoms with Crippen molar-refractivity contribution in [2.45, 2.75) is 36.6 Å². The predicted molar refractivity (Wildman–Crippen MR) is 72.4 cm³/mol. The SMILES string of the molecule is O=S(=O)(NC1CCCCC1CO)c1cccnc1Cl. The average molecular weight is 305 g/mol. The van der Waals surface area contributed by atoms with Gasteiger partial charge in [-0.3, -0.25) is 0 Å². The molecule has 0 saturated heterocycles. The van der Waals surface area contributed by atoms with Gasteiger partial charge in [-0.25, -0.2) is 18.1 Å². The van der Waals surface area contributed by atoms with Crippen molar-refractivity contribution < 1.29 is 13.5 Å². The lowest BCUT2D eigenvalue weighted by molar-refractivity contribution is 0.164. The number of aliphatic hydroxyl groups is 1. The molecule has 1 aromatic heterocycles. The van der Waals surface area contributed by atoms with Gasteiger partial charge < -0.3 is 5.11 Å². The number of hydrogen-bond donors (Lipinski definition) is 2. The quantitative estimate of drug-likeness (QED) is 0.828. The van der Waals surface area contributed by atoms with Gasteiger partial charge in [0.25, 0.3) is 0 Å². The molecule has 1 saturated carbocycles. The van der Waals surface area contributed by atoms with Crippen molar-refractivity contribution in [2.75, 3.05) is 6.61 Å². The number of nitrogens with zero attached hydrogens (tertiary/aromatic N) is 1. The normalized spacial score (nSPS) is 24.3. The Kier molecular flexibility index (Phi) is 4.78. The number of aliphatic hydroxyl groups excluding tert-OH is 1. The summed E-state index contributed by atoms with van der Waals surface area (Å²) in [7, 11) is -3.69. The van der Waals surface area contributed by atoms with E-state index in [9.17, 15) is 13.5 Å². The van der Waals surface area contributed by atoms with Crippen LogP contribution in [0.4, 0.5) is 0 Å². The molecule has 1 heterocycles. The second-order valence-corrected chi connectivity index (χ2v) is 6.79. The van der Waals surface area contributed by atoms with Crippen molar-refractivity contribution >= 4 is 21.6 Å². The third kappa shape index (κ3) is 3.45. The van der Waals surface area contributed by atoms with Crippen LogP contribution in [0.15, 0.2) is 23.2 Å². The first kappa shape index (κ1) is 14.7. The van der Waals surface area contributed by atoms with Crippen LogP contribution in [-0.2, 0) is 10.0 Å². The largest absolute Gasteiger partial charge is 0.396 e. The molecule has 19 heavy (non-hydrogen) atoms. The van der Waals surface area contributed by atoms with Crippen molar-refractivity contribution in [3.05, 3.63) is 23.5 Å². The Morgan fingerprint density at radius 3 is 2.84 bits per heavy atom. The van der Waals surface area contributed by atoms with Gasteiger partial charge in [0.1, 0.15) is 10.0 Å². The fourth-order valence-corrected chi connectivity index (χ4v) is 4.21. The van der Waals surface area contributed by atoms with Crippen LogP contribution in [0.5, 0.6) is 0 Å². The van der Waals surface area contributed by atoms with Crippen molar-refractivity contribution in [3.8, 4) is 0 Å². The summed E-state index contributed by atoms with van der Waals surface area (Å²) in [4.78, 5) is 3.76. The smallest absolute Gasteiger partial charge is 0.243 e. The Morgan fingerprint density at radius 2 is 2.16 bits per heavy atom. The van der Waals surface area contributed by atoms with Gasteiger partial charge in [-0.05, 0) is 30.9 Å².